The predicted octanol–water partition coefficient (Wildman–Crippen LogP) is 3.72. The Bertz CT molecular complexity index is 495. The smallest absolute Gasteiger partial charge is 0.303 e. The number of nitrogens with one attached hydrogen (secondary N) is 1. The second kappa shape index (κ2) is 9.33. The Morgan fingerprint density at radius 1 is 1.04 bits per heavy atom. The van der Waals surface area contributed by atoms with E-state index in [-0.39, 0.29) is 12.3 Å². The molecule has 0 radical (unpaired) electrons. The number of carboxylic acids is 1. The molecule has 1 fully saturated rings. The lowest BCUT2D eigenvalue weighted by Gasteiger charge is -2.35. The standard InChI is InChI=1S/C19H27NO3/c21-18(20-11-7-2-1-6-10-19(22)23)14-15-12-17(13-15)16-8-4-3-5-9-16/h3-5,8-9,15,17H,1-2,6-7,10-14H2,(H,20,21)(H,22,23). The molecule has 126 valence electrons. The first-order valence-electron chi connectivity index (χ1n) is 8.68. The molecular weight excluding hydrogens is 290 g/mol. The second-order valence-electron chi connectivity index (χ2n) is 6.56. The number of carboxylic acid groups (broad SMARTS) is 1. The summed E-state index contributed by atoms with van der Waals surface area (Å²) < 4.78 is 0. The minimum absolute atomic E-state index is 0.159. The van der Waals surface area contributed by atoms with Crippen molar-refractivity contribution >= 4 is 11.9 Å². The number of unbranched alkanes of at least 4 members (excludes halogenated alkanes) is 3. The van der Waals surface area contributed by atoms with Crippen LogP contribution in [-0.4, -0.2) is 23.5 Å². The third-order valence-corrected chi connectivity index (χ3v) is 4.62. The van der Waals surface area contributed by atoms with Gasteiger partial charge in [0.1, 0.15) is 0 Å². The van der Waals surface area contributed by atoms with E-state index in [9.17, 15) is 9.59 Å². The van der Waals surface area contributed by atoms with Gasteiger partial charge in [-0.05, 0) is 43.1 Å². The van der Waals surface area contributed by atoms with Crippen LogP contribution in [0.5, 0.6) is 0 Å². The predicted molar refractivity (Wildman–Crippen MR) is 90.3 cm³/mol. The third kappa shape index (κ3) is 6.43. The van der Waals surface area contributed by atoms with Crippen LogP contribution in [-0.2, 0) is 9.59 Å². The molecule has 0 aliphatic heterocycles. The fourth-order valence-corrected chi connectivity index (χ4v) is 3.22. The monoisotopic (exact) mass is 317 g/mol. The van der Waals surface area contributed by atoms with Crippen LogP contribution in [0.1, 0.15) is 62.8 Å². The summed E-state index contributed by atoms with van der Waals surface area (Å²) in [6.45, 7) is 0.709. The SMILES string of the molecule is O=C(O)CCCCCCNC(=O)CC1CC(c2ccccc2)C1. The molecule has 1 aromatic carbocycles. The largest absolute Gasteiger partial charge is 0.481 e. The van der Waals surface area contributed by atoms with Crippen molar-refractivity contribution in [2.75, 3.05) is 6.54 Å². The van der Waals surface area contributed by atoms with Crippen molar-refractivity contribution in [3.63, 3.8) is 0 Å². The van der Waals surface area contributed by atoms with Gasteiger partial charge >= 0.3 is 5.97 Å². The molecule has 1 aromatic rings. The van der Waals surface area contributed by atoms with Gasteiger partial charge in [-0.15, -0.1) is 0 Å². The van der Waals surface area contributed by atoms with Gasteiger partial charge in [-0.3, -0.25) is 9.59 Å². The number of benzene rings is 1. The Labute approximate surface area is 138 Å². The summed E-state index contributed by atoms with van der Waals surface area (Å²) in [5.41, 5.74) is 1.39. The van der Waals surface area contributed by atoms with Crippen molar-refractivity contribution in [3.8, 4) is 0 Å². The van der Waals surface area contributed by atoms with Gasteiger partial charge in [0.15, 0.2) is 0 Å². The summed E-state index contributed by atoms with van der Waals surface area (Å²) in [5, 5.41) is 11.5. The van der Waals surface area contributed by atoms with E-state index in [0.717, 1.165) is 38.5 Å². The number of amides is 1. The lowest BCUT2D eigenvalue weighted by atomic mass is 9.70. The van der Waals surface area contributed by atoms with Crippen molar-refractivity contribution in [2.45, 2.75) is 57.3 Å². The minimum Gasteiger partial charge on any atom is -0.481 e. The summed E-state index contributed by atoms with van der Waals surface area (Å²) in [5.74, 6) is 0.582. The highest BCUT2D eigenvalue weighted by Gasteiger charge is 2.31. The fourth-order valence-electron chi connectivity index (χ4n) is 3.22. The zero-order valence-electron chi connectivity index (χ0n) is 13.7. The molecule has 0 saturated heterocycles. The zero-order chi connectivity index (χ0) is 16.5. The molecule has 1 saturated carbocycles. The van der Waals surface area contributed by atoms with Gasteiger partial charge in [-0.1, -0.05) is 43.2 Å². The number of hydrogen-bond donors (Lipinski definition) is 2. The Kier molecular flexibility index (Phi) is 7.11. The van der Waals surface area contributed by atoms with Gasteiger partial charge in [0, 0.05) is 19.4 Å². The molecule has 2 N–H and O–H groups in total. The van der Waals surface area contributed by atoms with Crippen molar-refractivity contribution in [3.05, 3.63) is 35.9 Å². The lowest BCUT2D eigenvalue weighted by Crippen LogP contribution is -2.31. The van der Waals surface area contributed by atoms with Crippen molar-refractivity contribution in [1.29, 1.82) is 0 Å². The van der Waals surface area contributed by atoms with Crippen LogP contribution in [0.25, 0.3) is 0 Å². The first-order valence-corrected chi connectivity index (χ1v) is 8.68. The van der Waals surface area contributed by atoms with E-state index in [4.69, 9.17) is 5.11 Å². The average molecular weight is 317 g/mol. The van der Waals surface area contributed by atoms with Crippen LogP contribution in [0.15, 0.2) is 30.3 Å². The molecule has 2 rings (SSSR count). The van der Waals surface area contributed by atoms with E-state index < -0.39 is 5.97 Å². The Balaban J connectivity index is 1.48. The van der Waals surface area contributed by atoms with E-state index in [1.807, 2.05) is 6.07 Å². The molecule has 0 bridgehead atoms. The molecule has 0 unspecified atom stereocenters. The molecule has 1 aliphatic rings. The Morgan fingerprint density at radius 3 is 2.43 bits per heavy atom. The fraction of sp³-hybridized carbons (Fsp3) is 0.579. The van der Waals surface area contributed by atoms with Gasteiger partial charge < -0.3 is 10.4 Å². The maximum Gasteiger partial charge on any atom is 0.303 e. The molecule has 0 heterocycles. The van der Waals surface area contributed by atoms with Crippen LogP contribution in [0.4, 0.5) is 0 Å². The summed E-state index contributed by atoms with van der Waals surface area (Å²) in [6.07, 6.45) is 6.68. The molecule has 1 amide bonds. The average Bonchev–Trinajstić information content (AvgIpc) is 2.50. The number of rotatable bonds is 10. The van der Waals surface area contributed by atoms with Crippen molar-refractivity contribution in [1.82, 2.24) is 5.32 Å². The molecule has 0 aromatic heterocycles. The van der Waals surface area contributed by atoms with Gasteiger partial charge in [-0.2, -0.15) is 0 Å². The second-order valence-corrected chi connectivity index (χ2v) is 6.56. The highest BCUT2D eigenvalue weighted by Crippen LogP contribution is 2.43. The van der Waals surface area contributed by atoms with Crippen LogP contribution >= 0.6 is 0 Å². The Hall–Kier alpha value is -1.84. The molecule has 4 heteroatoms. The van der Waals surface area contributed by atoms with Gasteiger partial charge in [0.2, 0.25) is 5.91 Å². The van der Waals surface area contributed by atoms with Gasteiger partial charge in [0.25, 0.3) is 0 Å². The topological polar surface area (TPSA) is 66.4 Å². The van der Waals surface area contributed by atoms with Gasteiger partial charge in [0.05, 0.1) is 0 Å². The maximum atomic E-state index is 11.9. The van der Waals surface area contributed by atoms with Crippen LogP contribution in [0.3, 0.4) is 0 Å². The number of aliphatic carboxylic acids is 1. The number of hydrogen-bond acceptors (Lipinski definition) is 2. The first-order chi connectivity index (χ1) is 11.1. The molecule has 0 spiro atoms. The Morgan fingerprint density at radius 2 is 1.74 bits per heavy atom. The molecule has 23 heavy (non-hydrogen) atoms. The highest BCUT2D eigenvalue weighted by molar-refractivity contribution is 5.76. The van der Waals surface area contributed by atoms with E-state index in [0.29, 0.717) is 24.8 Å². The van der Waals surface area contributed by atoms with Crippen LogP contribution in [0.2, 0.25) is 0 Å². The normalized spacial score (nSPS) is 19.8. The van der Waals surface area contributed by atoms with E-state index >= 15 is 0 Å². The maximum absolute atomic E-state index is 11.9. The van der Waals surface area contributed by atoms with Crippen molar-refractivity contribution in [2.24, 2.45) is 5.92 Å². The van der Waals surface area contributed by atoms with E-state index in [2.05, 4.69) is 29.6 Å². The van der Waals surface area contributed by atoms with Crippen molar-refractivity contribution < 1.29 is 14.7 Å². The summed E-state index contributed by atoms with van der Waals surface area (Å²) in [4.78, 5) is 22.2. The summed E-state index contributed by atoms with van der Waals surface area (Å²) in [7, 11) is 0. The van der Waals surface area contributed by atoms with Gasteiger partial charge in [-0.25, -0.2) is 0 Å². The van der Waals surface area contributed by atoms with E-state index in [1.54, 1.807) is 0 Å². The number of carbonyl (C=O) groups is 2. The molecule has 4 nitrogen and oxygen atoms in total. The van der Waals surface area contributed by atoms with Crippen LogP contribution < -0.4 is 5.32 Å². The van der Waals surface area contributed by atoms with Crippen LogP contribution in [0, 0.1) is 5.92 Å². The highest BCUT2D eigenvalue weighted by atomic mass is 16.4. The first kappa shape index (κ1) is 17.5. The zero-order valence-corrected chi connectivity index (χ0v) is 13.7. The molecule has 1 aliphatic carbocycles. The number of carbonyl (C=O) groups excluding carboxylic acids is 1. The molecule has 0 atom stereocenters. The third-order valence-electron chi connectivity index (χ3n) is 4.62. The molecular formula is C19H27NO3. The summed E-state index contributed by atoms with van der Waals surface area (Å²) in [6, 6.07) is 10.5. The minimum atomic E-state index is -0.729. The lowest BCUT2D eigenvalue weighted by molar-refractivity contribution is -0.137. The van der Waals surface area contributed by atoms with E-state index in [1.165, 1.54) is 5.56 Å². The quantitative estimate of drug-likeness (QED) is 0.646. The summed E-state index contributed by atoms with van der Waals surface area (Å²) >= 11 is 0.